The summed E-state index contributed by atoms with van der Waals surface area (Å²) in [4.78, 5) is 12.3. The molecular formula is C13H20N4O2. The van der Waals surface area contributed by atoms with Crippen molar-refractivity contribution < 1.29 is 9.47 Å². The maximum Gasteiger partial charge on any atom is 0.324 e. The second kappa shape index (κ2) is 8.91. The highest BCUT2D eigenvalue weighted by Gasteiger charge is 2.07. The molecule has 0 aromatic carbocycles. The molecule has 0 radical (unpaired) electrons. The number of nitrogens with one attached hydrogen (secondary N) is 1. The second-order valence-corrected chi connectivity index (χ2v) is 3.70. The maximum atomic E-state index is 5.30. The number of anilines is 1. The molecule has 1 aromatic rings. The summed E-state index contributed by atoms with van der Waals surface area (Å²) in [5.41, 5.74) is 0. The Morgan fingerprint density at radius 2 is 1.63 bits per heavy atom. The molecule has 1 rings (SSSR count). The van der Waals surface area contributed by atoms with E-state index >= 15 is 0 Å². The van der Waals surface area contributed by atoms with Crippen molar-refractivity contribution in [2.24, 2.45) is 0 Å². The summed E-state index contributed by atoms with van der Waals surface area (Å²) in [6.45, 7) is 10.7. The fourth-order valence-corrected chi connectivity index (χ4v) is 1.19. The first-order valence-electron chi connectivity index (χ1n) is 6.27. The molecule has 0 spiro atoms. The minimum absolute atomic E-state index is 0.216. The Labute approximate surface area is 113 Å². The number of unbranched alkanes of at least 4 members (excludes halogenated alkanes) is 1. The summed E-state index contributed by atoms with van der Waals surface area (Å²) >= 11 is 0. The number of aromatic nitrogens is 3. The van der Waals surface area contributed by atoms with Crippen LogP contribution in [0.5, 0.6) is 12.0 Å². The van der Waals surface area contributed by atoms with Crippen molar-refractivity contribution in [3.05, 3.63) is 25.3 Å². The topological polar surface area (TPSA) is 69.2 Å². The van der Waals surface area contributed by atoms with Crippen molar-refractivity contribution in [3.63, 3.8) is 0 Å². The van der Waals surface area contributed by atoms with Crippen LogP contribution in [0, 0.1) is 0 Å². The molecule has 0 bridgehead atoms. The SMILES string of the molecule is C=CCOc1nc(NCCCC)nc(OCC=C)n1. The van der Waals surface area contributed by atoms with Crippen LogP contribution in [-0.2, 0) is 0 Å². The van der Waals surface area contributed by atoms with Gasteiger partial charge in [0, 0.05) is 6.54 Å². The Bertz CT molecular complexity index is 379. The predicted molar refractivity (Wildman–Crippen MR) is 74.6 cm³/mol. The smallest absolute Gasteiger partial charge is 0.324 e. The first-order valence-corrected chi connectivity index (χ1v) is 6.27. The monoisotopic (exact) mass is 264 g/mol. The van der Waals surface area contributed by atoms with Gasteiger partial charge in [0.2, 0.25) is 5.95 Å². The van der Waals surface area contributed by atoms with E-state index in [0.717, 1.165) is 19.4 Å². The summed E-state index contributed by atoms with van der Waals surface area (Å²) in [6.07, 6.45) is 5.38. The van der Waals surface area contributed by atoms with Crippen LogP contribution < -0.4 is 14.8 Å². The Morgan fingerprint density at radius 3 is 2.11 bits per heavy atom. The zero-order chi connectivity index (χ0) is 13.9. The van der Waals surface area contributed by atoms with Gasteiger partial charge in [0.15, 0.2) is 0 Å². The van der Waals surface area contributed by atoms with Crippen molar-refractivity contribution in [2.45, 2.75) is 19.8 Å². The molecular weight excluding hydrogens is 244 g/mol. The molecule has 104 valence electrons. The Balaban J connectivity index is 2.75. The van der Waals surface area contributed by atoms with Gasteiger partial charge in [-0.2, -0.15) is 9.97 Å². The summed E-state index contributed by atoms with van der Waals surface area (Å²) < 4.78 is 10.6. The van der Waals surface area contributed by atoms with Crippen LogP contribution in [0.2, 0.25) is 0 Å². The largest absolute Gasteiger partial charge is 0.459 e. The number of hydrogen-bond acceptors (Lipinski definition) is 6. The third-order valence-corrected chi connectivity index (χ3v) is 2.07. The van der Waals surface area contributed by atoms with Gasteiger partial charge in [0.05, 0.1) is 0 Å². The molecule has 0 unspecified atom stereocenters. The van der Waals surface area contributed by atoms with Gasteiger partial charge < -0.3 is 14.8 Å². The minimum atomic E-state index is 0.216. The highest BCUT2D eigenvalue weighted by molar-refractivity contribution is 5.27. The van der Waals surface area contributed by atoms with Crippen LogP contribution in [0.1, 0.15) is 19.8 Å². The average molecular weight is 264 g/mol. The molecule has 0 aliphatic heterocycles. The fourth-order valence-electron chi connectivity index (χ4n) is 1.19. The molecule has 1 N–H and O–H groups in total. The highest BCUT2D eigenvalue weighted by Crippen LogP contribution is 2.13. The summed E-state index contributed by atoms with van der Waals surface area (Å²) in [5.74, 6) is 0.446. The van der Waals surface area contributed by atoms with E-state index in [4.69, 9.17) is 9.47 Å². The molecule has 0 aliphatic rings. The van der Waals surface area contributed by atoms with Crippen LogP contribution in [0.3, 0.4) is 0 Å². The molecule has 1 aromatic heterocycles. The lowest BCUT2D eigenvalue weighted by molar-refractivity contribution is 0.299. The standard InChI is InChI=1S/C13H20N4O2/c1-4-7-8-14-11-15-12(18-9-5-2)17-13(16-11)19-10-6-3/h5-6H,2-4,7-10H2,1H3,(H,14,15,16,17). The first-order chi connectivity index (χ1) is 9.30. The van der Waals surface area contributed by atoms with Crippen LogP contribution >= 0.6 is 0 Å². The maximum absolute atomic E-state index is 5.30. The summed E-state index contributed by atoms with van der Waals surface area (Å²) in [5, 5.41) is 3.11. The van der Waals surface area contributed by atoms with E-state index < -0.39 is 0 Å². The quantitative estimate of drug-likeness (QED) is 0.516. The van der Waals surface area contributed by atoms with Crippen LogP contribution in [0.15, 0.2) is 25.3 Å². The van der Waals surface area contributed by atoms with Gasteiger partial charge in [-0.3, -0.25) is 0 Å². The van der Waals surface area contributed by atoms with E-state index in [9.17, 15) is 0 Å². The van der Waals surface area contributed by atoms with Gasteiger partial charge >= 0.3 is 12.0 Å². The Morgan fingerprint density at radius 1 is 1.05 bits per heavy atom. The van der Waals surface area contributed by atoms with Gasteiger partial charge in [0.1, 0.15) is 13.2 Å². The Hall–Kier alpha value is -2.11. The van der Waals surface area contributed by atoms with E-state index in [1.165, 1.54) is 0 Å². The summed E-state index contributed by atoms with van der Waals surface area (Å²) in [7, 11) is 0. The molecule has 6 nitrogen and oxygen atoms in total. The van der Waals surface area contributed by atoms with Crippen LogP contribution in [0.25, 0.3) is 0 Å². The number of hydrogen-bond donors (Lipinski definition) is 1. The summed E-state index contributed by atoms with van der Waals surface area (Å²) in [6, 6.07) is 0.431. The van der Waals surface area contributed by atoms with E-state index in [1.54, 1.807) is 12.2 Å². The minimum Gasteiger partial charge on any atom is -0.459 e. The van der Waals surface area contributed by atoms with Gasteiger partial charge in [-0.25, -0.2) is 0 Å². The van der Waals surface area contributed by atoms with Crippen molar-refractivity contribution >= 4 is 5.95 Å². The fraction of sp³-hybridized carbons (Fsp3) is 0.462. The molecule has 0 fully saturated rings. The molecule has 19 heavy (non-hydrogen) atoms. The lowest BCUT2D eigenvalue weighted by atomic mass is 10.3. The van der Waals surface area contributed by atoms with E-state index in [1.807, 2.05) is 0 Å². The zero-order valence-corrected chi connectivity index (χ0v) is 11.3. The third kappa shape index (κ3) is 5.85. The van der Waals surface area contributed by atoms with Crippen molar-refractivity contribution in [2.75, 3.05) is 25.1 Å². The normalized spacial score (nSPS) is 9.74. The lowest BCUT2D eigenvalue weighted by Crippen LogP contribution is -2.10. The molecule has 0 atom stereocenters. The van der Waals surface area contributed by atoms with Crippen molar-refractivity contribution in [3.8, 4) is 12.0 Å². The molecule has 6 heteroatoms. The first kappa shape index (κ1) is 14.9. The molecule has 0 saturated heterocycles. The van der Waals surface area contributed by atoms with Crippen molar-refractivity contribution in [1.29, 1.82) is 0 Å². The second-order valence-electron chi connectivity index (χ2n) is 3.70. The van der Waals surface area contributed by atoms with Gasteiger partial charge in [-0.05, 0) is 6.42 Å². The number of ether oxygens (including phenoxy) is 2. The molecule has 0 aliphatic carbocycles. The van der Waals surface area contributed by atoms with Gasteiger partial charge in [-0.1, -0.05) is 38.7 Å². The van der Waals surface area contributed by atoms with E-state index in [-0.39, 0.29) is 12.0 Å². The van der Waals surface area contributed by atoms with Gasteiger partial charge in [-0.15, -0.1) is 4.98 Å². The van der Waals surface area contributed by atoms with Crippen LogP contribution in [0.4, 0.5) is 5.95 Å². The van der Waals surface area contributed by atoms with E-state index in [0.29, 0.717) is 19.2 Å². The molecule has 0 amide bonds. The zero-order valence-electron chi connectivity index (χ0n) is 11.3. The average Bonchev–Trinajstić information content (AvgIpc) is 2.43. The molecule has 1 heterocycles. The van der Waals surface area contributed by atoms with E-state index in [2.05, 4.69) is 40.4 Å². The van der Waals surface area contributed by atoms with Crippen molar-refractivity contribution in [1.82, 2.24) is 15.0 Å². The molecule has 0 saturated carbocycles. The highest BCUT2D eigenvalue weighted by atomic mass is 16.5. The lowest BCUT2D eigenvalue weighted by Gasteiger charge is -2.08. The third-order valence-electron chi connectivity index (χ3n) is 2.07. The van der Waals surface area contributed by atoms with Gasteiger partial charge in [0.25, 0.3) is 0 Å². The number of rotatable bonds is 10. The number of nitrogens with zero attached hydrogens (tertiary/aromatic N) is 3. The Kier molecular flexibility index (Phi) is 7.01. The van der Waals surface area contributed by atoms with Crippen LogP contribution in [-0.4, -0.2) is 34.7 Å². The predicted octanol–water partition coefficient (Wildman–Crippen LogP) is 2.21.